The van der Waals surface area contributed by atoms with Crippen LogP contribution in [0.25, 0.3) is 0 Å². The molecule has 0 aromatic rings. The van der Waals surface area contributed by atoms with Gasteiger partial charge in [0.25, 0.3) is 0 Å². The number of nitrogens with two attached hydrogens (primary N) is 1. The van der Waals surface area contributed by atoms with E-state index in [0.29, 0.717) is 12.5 Å². The highest BCUT2D eigenvalue weighted by Gasteiger charge is 2.21. The lowest BCUT2D eigenvalue weighted by atomic mass is 10.1. The van der Waals surface area contributed by atoms with E-state index in [4.69, 9.17) is 18.0 Å². The molecule has 3 nitrogen and oxygen atoms in total. The van der Waals surface area contributed by atoms with Gasteiger partial charge in [-0.3, -0.25) is 4.79 Å². The molecule has 14 heavy (non-hydrogen) atoms. The number of carbonyl (C=O) groups is 1. The highest BCUT2D eigenvalue weighted by Crippen LogP contribution is 2.06. The zero-order valence-electron chi connectivity index (χ0n) is 9.41. The largest absolute Gasteiger partial charge is 0.393 e. The van der Waals surface area contributed by atoms with E-state index >= 15 is 0 Å². The van der Waals surface area contributed by atoms with Crippen LogP contribution in [-0.4, -0.2) is 28.9 Å². The van der Waals surface area contributed by atoms with Crippen molar-refractivity contribution in [3.63, 3.8) is 0 Å². The summed E-state index contributed by atoms with van der Waals surface area (Å²) in [6.45, 7) is 9.37. The van der Waals surface area contributed by atoms with Crippen molar-refractivity contribution in [1.29, 1.82) is 0 Å². The van der Waals surface area contributed by atoms with Crippen LogP contribution in [0.15, 0.2) is 0 Å². The molecule has 0 rings (SSSR count). The van der Waals surface area contributed by atoms with Gasteiger partial charge in [0, 0.05) is 13.1 Å². The first-order valence-electron chi connectivity index (χ1n) is 4.98. The normalized spacial score (nSPS) is 12.6. The van der Waals surface area contributed by atoms with E-state index in [-0.39, 0.29) is 16.8 Å². The van der Waals surface area contributed by atoms with Gasteiger partial charge in [-0.15, -0.1) is 0 Å². The summed E-state index contributed by atoms with van der Waals surface area (Å²) in [7, 11) is 0. The first-order chi connectivity index (χ1) is 6.40. The van der Waals surface area contributed by atoms with Gasteiger partial charge in [0.1, 0.15) is 0 Å². The summed E-state index contributed by atoms with van der Waals surface area (Å²) in [5.74, 6) is 0.162. The Balaban J connectivity index is 4.38. The Kier molecular flexibility index (Phi) is 5.69. The summed E-state index contributed by atoms with van der Waals surface area (Å²) in [5, 5.41) is 0. The van der Waals surface area contributed by atoms with Crippen molar-refractivity contribution in [3.05, 3.63) is 0 Å². The third-order valence-electron chi connectivity index (χ3n) is 2.08. The van der Waals surface area contributed by atoms with Crippen molar-refractivity contribution < 1.29 is 4.79 Å². The maximum absolute atomic E-state index is 11.8. The summed E-state index contributed by atoms with van der Waals surface area (Å²) in [6, 6.07) is 0. The van der Waals surface area contributed by atoms with E-state index < -0.39 is 0 Å². The Morgan fingerprint density at radius 1 is 1.43 bits per heavy atom. The van der Waals surface area contributed by atoms with Crippen LogP contribution in [0.1, 0.15) is 27.7 Å². The van der Waals surface area contributed by atoms with Crippen LogP contribution in [0.5, 0.6) is 0 Å². The smallest absolute Gasteiger partial charge is 0.232 e. The molecule has 0 aliphatic heterocycles. The summed E-state index contributed by atoms with van der Waals surface area (Å²) < 4.78 is 0. The van der Waals surface area contributed by atoms with Crippen molar-refractivity contribution in [2.45, 2.75) is 27.7 Å². The molecule has 0 fully saturated rings. The van der Waals surface area contributed by atoms with Crippen LogP contribution in [0, 0.1) is 11.8 Å². The number of thiocarbonyl (C=S) groups is 1. The second-order valence-electron chi connectivity index (χ2n) is 3.89. The minimum absolute atomic E-state index is 0.0358. The van der Waals surface area contributed by atoms with Crippen molar-refractivity contribution in [3.8, 4) is 0 Å². The highest BCUT2D eigenvalue weighted by molar-refractivity contribution is 7.80. The fraction of sp³-hybridized carbons (Fsp3) is 0.800. The zero-order chi connectivity index (χ0) is 11.3. The number of hydrogen-bond donors (Lipinski definition) is 1. The maximum atomic E-state index is 11.8. The van der Waals surface area contributed by atoms with Gasteiger partial charge in [-0.25, -0.2) is 0 Å². The molecule has 0 radical (unpaired) electrons. The van der Waals surface area contributed by atoms with E-state index in [0.717, 1.165) is 6.54 Å². The van der Waals surface area contributed by atoms with Gasteiger partial charge in [-0.2, -0.15) is 0 Å². The molecule has 0 saturated carbocycles. The molecule has 1 amide bonds. The Morgan fingerprint density at radius 3 is 2.21 bits per heavy atom. The monoisotopic (exact) mass is 216 g/mol. The van der Waals surface area contributed by atoms with Gasteiger partial charge >= 0.3 is 0 Å². The molecule has 1 unspecified atom stereocenters. The Hall–Kier alpha value is -0.640. The maximum Gasteiger partial charge on any atom is 0.232 e. The molecule has 82 valence electrons. The second-order valence-corrected chi connectivity index (χ2v) is 4.37. The minimum atomic E-state index is -0.344. The lowest BCUT2D eigenvalue weighted by Gasteiger charge is -2.25. The first kappa shape index (κ1) is 13.4. The number of carbonyl (C=O) groups excluding carboxylic acids is 1. The van der Waals surface area contributed by atoms with Gasteiger partial charge < -0.3 is 10.6 Å². The molecule has 0 saturated heterocycles. The van der Waals surface area contributed by atoms with Gasteiger partial charge in [0.2, 0.25) is 5.91 Å². The Labute approximate surface area is 91.6 Å². The highest BCUT2D eigenvalue weighted by atomic mass is 32.1. The zero-order valence-corrected chi connectivity index (χ0v) is 10.2. The standard InChI is InChI=1S/C10H20N2OS/c1-5-12(6-7(2)3)10(13)8(4)9(11)14/h7-8H,5-6H2,1-4H3,(H2,11,14). The SMILES string of the molecule is CCN(CC(C)C)C(=O)C(C)C(N)=S. The molecule has 0 aromatic heterocycles. The van der Waals surface area contributed by atoms with Gasteiger partial charge in [-0.1, -0.05) is 26.1 Å². The topological polar surface area (TPSA) is 46.3 Å². The van der Waals surface area contributed by atoms with Crippen LogP contribution >= 0.6 is 12.2 Å². The van der Waals surface area contributed by atoms with Crippen LogP contribution in [0.4, 0.5) is 0 Å². The Bertz CT molecular complexity index is 216. The van der Waals surface area contributed by atoms with Crippen molar-refractivity contribution in [1.82, 2.24) is 4.90 Å². The predicted octanol–water partition coefficient (Wildman–Crippen LogP) is 1.41. The van der Waals surface area contributed by atoms with Crippen molar-refractivity contribution in [2.75, 3.05) is 13.1 Å². The molecule has 0 spiro atoms. The summed E-state index contributed by atoms with van der Waals surface area (Å²) in [5.41, 5.74) is 5.44. The molecule has 0 aliphatic carbocycles. The van der Waals surface area contributed by atoms with E-state index in [2.05, 4.69) is 13.8 Å². The van der Waals surface area contributed by atoms with Crippen LogP contribution in [0.2, 0.25) is 0 Å². The van der Waals surface area contributed by atoms with Crippen molar-refractivity contribution in [2.24, 2.45) is 17.6 Å². The van der Waals surface area contributed by atoms with Crippen LogP contribution in [0.3, 0.4) is 0 Å². The molecular weight excluding hydrogens is 196 g/mol. The molecule has 0 aliphatic rings. The van der Waals surface area contributed by atoms with E-state index in [1.54, 1.807) is 11.8 Å². The second kappa shape index (κ2) is 5.96. The molecule has 0 heterocycles. The molecule has 2 N–H and O–H groups in total. The average Bonchev–Trinajstić information content (AvgIpc) is 2.11. The lowest BCUT2D eigenvalue weighted by Crippen LogP contribution is -2.41. The summed E-state index contributed by atoms with van der Waals surface area (Å²) in [4.78, 5) is 13.9. The van der Waals surface area contributed by atoms with Crippen LogP contribution in [-0.2, 0) is 4.79 Å². The predicted molar refractivity (Wildman–Crippen MR) is 63.0 cm³/mol. The van der Waals surface area contributed by atoms with E-state index in [1.807, 2.05) is 6.92 Å². The summed E-state index contributed by atoms with van der Waals surface area (Å²) >= 11 is 4.81. The fourth-order valence-electron chi connectivity index (χ4n) is 1.21. The first-order valence-corrected chi connectivity index (χ1v) is 5.39. The number of nitrogens with zero attached hydrogens (tertiary/aromatic N) is 1. The summed E-state index contributed by atoms with van der Waals surface area (Å²) in [6.07, 6.45) is 0. The van der Waals surface area contributed by atoms with Gasteiger partial charge in [0.15, 0.2) is 0 Å². The van der Waals surface area contributed by atoms with Crippen molar-refractivity contribution >= 4 is 23.1 Å². The molecule has 0 bridgehead atoms. The van der Waals surface area contributed by atoms with Gasteiger partial charge in [0.05, 0.1) is 10.9 Å². The molecule has 1 atom stereocenters. The number of amides is 1. The quantitative estimate of drug-likeness (QED) is 0.707. The number of hydrogen-bond acceptors (Lipinski definition) is 2. The van der Waals surface area contributed by atoms with E-state index in [1.165, 1.54) is 0 Å². The lowest BCUT2D eigenvalue weighted by molar-refractivity contribution is -0.133. The minimum Gasteiger partial charge on any atom is -0.393 e. The van der Waals surface area contributed by atoms with E-state index in [9.17, 15) is 4.79 Å². The van der Waals surface area contributed by atoms with Crippen LogP contribution < -0.4 is 5.73 Å². The fourth-order valence-corrected chi connectivity index (χ4v) is 1.31. The third-order valence-corrected chi connectivity index (χ3v) is 2.43. The third kappa shape index (κ3) is 4.05. The average molecular weight is 216 g/mol. The van der Waals surface area contributed by atoms with Gasteiger partial charge in [-0.05, 0) is 19.8 Å². The number of rotatable bonds is 5. The Morgan fingerprint density at radius 2 is 1.93 bits per heavy atom. The molecule has 4 heteroatoms. The molecular formula is C10H20N2OS. The molecule has 0 aromatic carbocycles.